The zero-order valence-electron chi connectivity index (χ0n) is 14.9. The van der Waals surface area contributed by atoms with Crippen LogP contribution < -0.4 is 5.73 Å². The first-order valence-corrected chi connectivity index (χ1v) is 15.8. The van der Waals surface area contributed by atoms with Crippen LogP contribution in [0.1, 0.15) is 20.3 Å². The number of carbonyl (C=O) groups excluding carboxylic acids is 1. The molecule has 0 aliphatic rings. The third kappa shape index (κ3) is 12.3. The Morgan fingerprint density at radius 3 is 1.81 bits per heavy atom. The quantitative estimate of drug-likeness (QED) is 0.508. The van der Waals surface area contributed by atoms with Crippen LogP contribution in [0.15, 0.2) is 0 Å². The predicted octanol–water partition coefficient (Wildman–Crippen LogP) is 1.97. The molecule has 0 unspecified atom stereocenters. The predicted molar refractivity (Wildman–Crippen MR) is 94.7 cm³/mol. The second-order valence-corrected chi connectivity index (χ2v) is 18.0. The highest BCUT2D eigenvalue weighted by molar-refractivity contribution is 6.71. The molecule has 2 N–H and O–H groups in total. The number of hydrogen-bond donors (Lipinski definition) is 1. The molecule has 0 amide bonds. The third-order valence-corrected chi connectivity index (χ3v) is 6.02. The van der Waals surface area contributed by atoms with Crippen LogP contribution in [0.4, 0.5) is 0 Å². The molecule has 21 heavy (non-hydrogen) atoms. The molecule has 0 fully saturated rings. The van der Waals surface area contributed by atoms with E-state index in [1.54, 1.807) is 0 Å². The molecule has 0 aromatic rings. The lowest BCUT2D eigenvalue weighted by atomic mass is 10.1. The Bertz CT molecular complexity index is 310. The van der Waals surface area contributed by atoms with E-state index in [4.69, 9.17) is 19.0 Å². The van der Waals surface area contributed by atoms with Crippen LogP contribution in [-0.2, 0) is 18.1 Å². The van der Waals surface area contributed by atoms with Gasteiger partial charge in [-0.15, -0.1) is 0 Å². The summed E-state index contributed by atoms with van der Waals surface area (Å²) in [7, 11) is -4.74. The monoisotopic (exact) mass is 351 g/mol. The van der Waals surface area contributed by atoms with Crippen molar-refractivity contribution in [2.24, 2.45) is 11.7 Å². The van der Waals surface area contributed by atoms with E-state index in [1.165, 1.54) is 0 Å². The Balaban J connectivity index is 4.50. The second-order valence-electron chi connectivity index (χ2n) is 7.76. The van der Waals surface area contributed by atoms with Crippen LogP contribution in [0.2, 0.25) is 39.3 Å². The summed E-state index contributed by atoms with van der Waals surface area (Å²) in [6.07, 6.45) is 0.641. The molecule has 0 saturated carbocycles. The van der Waals surface area contributed by atoms with Gasteiger partial charge in [-0.2, -0.15) is 0 Å². The van der Waals surface area contributed by atoms with Crippen LogP contribution in [0.25, 0.3) is 0 Å². The largest absolute Gasteiger partial charge is 0.518 e. The molecule has 0 spiro atoms. The summed E-state index contributed by atoms with van der Waals surface area (Å²) in [5.41, 5.74) is 5.84. The summed E-state index contributed by atoms with van der Waals surface area (Å²) < 4.78 is 17.5. The molecule has 0 saturated heterocycles. The second kappa shape index (κ2) is 8.59. The van der Waals surface area contributed by atoms with Crippen molar-refractivity contribution in [2.75, 3.05) is 0 Å². The average molecular weight is 352 g/mol. The van der Waals surface area contributed by atoms with E-state index in [9.17, 15) is 4.79 Å². The molecule has 0 aliphatic carbocycles. The van der Waals surface area contributed by atoms with Crippen molar-refractivity contribution in [1.82, 2.24) is 0 Å². The first-order chi connectivity index (χ1) is 9.30. The van der Waals surface area contributed by atoms with Crippen molar-refractivity contribution in [3.05, 3.63) is 0 Å². The summed E-state index contributed by atoms with van der Waals surface area (Å²) in [6, 6.07) is -0.545. The van der Waals surface area contributed by atoms with Gasteiger partial charge in [0.1, 0.15) is 6.04 Å². The van der Waals surface area contributed by atoms with Crippen molar-refractivity contribution in [2.45, 2.75) is 71.5 Å². The van der Waals surface area contributed by atoms with Crippen LogP contribution in [-0.4, -0.2) is 44.3 Å². The van der Waals surface area contributed by atoms with Crippen molar-refractivity contribution >= 4 is 32.4 Å². The minimum Gasteiger partial charge on any atom is -0.518 e. The van der Waals surface area contributed by atoms with Gasteiger partial charge in [0.15, 0.2) is 22.5 Å². The fourth-order valence-corrected chi connectivity index (χ4v) is 7.57. The van der Waals surface area contributed by atoms with Gasteiger partial charge in [-0.1, -0.05) is 13.8 Å². The van der Waals surface area contributed by atoms with E-state index in [0.717, 1.165) is 0 Å². The number of carbonyl (C=O) groups is 1. The average Bonchev–Trinajstić information content (AvgIpc) is 2.19. The minimum absolute atomic E-state index is 0.321. The van der Waals surface area contributed by atoms with Crippen molar-refractivity contribution in [1.29, 1.82) is 0 Å². The Kier molecular flexibility index (Phi) is 8.59. The number of nitrogens with two attached hydrogens (primary N) is 1. The molecule has 126 valence electrons. The van der Waals surface area contributed by atoms with Gasteiger partial charge in [-0.25, -0.2) is 0 Å². The van der Waals surface area contributed by atoms with E-state index in [0.29, 0.717) is 12.3 Å². The molecule has 0 bridgehead atoms. The van der Waals surface area contributed by atoms with Gasteiger partial charge in [0.2, 0.25) is 0 Å². The normalized spacial score (nSPS) is 15.2. The minimum atomic E-state index is -1.74. The molecule has 0 heterocycles. The van der Waals surface area contributed by atoms with E-state index in [1.807, 2.05) is 13.8 Å². The van der Waals surface area contributed by atoms with Gasteiger partial charge < -0.3 is 19.0 Å². The summed E-state index contributed by atoms with van der Waals surface area (Å²) in [4.78, 5) is 11.9. The van der Waals surface area contributed by atoms with E-state index >= 15 is 0 Å². The van der Waals surface area contributed by atoms with Crippen LogP contribution in [0.5, 0.6) is 0 Å². The Morgan fingerprint density at radius 1 is 1.05 bits per heavy atom. The van der Waals surface area contributed by atoms with Gasteiger partial charge in [-0.3, -0.25) is 4.79 Å². The molecular weight excluding hydrogens is 318 g/mol. The molecule has 0 aliphatic heterocycles. The molecule has 5 nitrogen and oxygen atoms in total. The number of hydrogen-bond acceptors (Lipinski definition) is 5. The topological polar surface area (TPSA) is 70.8 Å². The Hall–Kier alpha value is 0.000649. The van der Waals surface area contributed by atoms with Gasteiger partial charge in [-0.05, 0) is 51.6 Å². The molecule has 0 aromatic carbocycles. The highest BCUT2D eigenvalue weighted by atomic mass is 28.4. The van der Waals surface area contributed by atoms with E-state index < -0.39 is 32.4 Å². The van der Waals surface area contributed by atoms with Crippen molar-refractivity contribution < 1.29 is 18.1 Å². The van der Waals surface area contributed by atoms with Gasteiger partial charge in [0.25, 0.3) is 9.76 Å². The first kappa shape index (κ1) is 21.0. The lowest BCUT2D eigenvalue weighted by Gasteiger charge is -2.31. The SMILES string of the molecule is CC(C)C[C@H](N)C(=O)O[SiH2]C(O[Si](C)(C)C)O[Si](C)(C)C. The molecule has 1 atom stereocenters. The summed E-state index contributed by atoms with van der Waals surface area (Å²) in [6.45, 7) is 16.7. The highest BCUT2D eigenvalue weighted by Gasteiger charge is 2.29. The maximum atomic E-state index is 11.9. The fourth-order valence-electron chi connectivity index (χ4n) is 1.74. The molecule has 0 radical (unpaired) electrons. The maximum Gasteiger partial charge on any atom is 0.309 e. The molecule has 0 aromatic heterocycles. The van der Waals surface area contributed by atoms with Gasteiger partial charge >= 0.3 is 5.97 Å². The Morgan fingerprint density at radius 2 is 1.48 bits per heavy atom. The fraction of sp³-hybridized carbons (Fsp3) is 0.923. The highest BCUT2D eigenvalue weighted by Crippen LogP contribution is 2.14. The van der Waals surface area contributed by atoms with Gasteiger partial charge in [0, 0.05) is 0 Å². The lowest BCUT2D eigenvalue weighted by molar-refractivity contribution is -0.137. The first-order valence-electron chi connectivity index (χ1n) is 7.58. The van der Waals surface area contributed by atoms with Gasteiger partial charge in [0.05, 0.1) is 0 Å². The van der Waals surface area contributed by atoms with Crippen LogP contribution >= 0.6 is 0 Å². The zero-order chi connectivity index (χ0) is 16.8. The number of rotatable bonds is 9. The van der Waals surface area contributed by atoms with Crippen LogP contribution in [0, 0.1) is 5.92 Å². The molecule has 0 rings (SSSR count). The Labute approximate surface area is 134 Å². The van der Waals surface area contributed by atoms with Crippen LogP contribution in [0.3, 0.4) is 0 Å². The lowest BCUT2D eigenvalue weighted by Crippen LogP contribution is -2.45. The molecular formula is C13H33NO4Si3. The summed E-state index contributed by atoms with van der Waals surface area (Å²) >= 11 is 0. The maximum absolute atomic E-state index is 11.9. The molecule has 8 heteroatoms. The van der Waals surface area contributed by atoms with E-state index in [2.05, 4.69) is 39.3 Å². The van der Waals surface area contributed by atoms with Crippen molar-refractivity contribution in [3.63, 3.8) is 0 Å². The summed E-state index contributed by atoms with van der Waals surface area (Å²) in [5, 5.41) is 0. The third-order valence-electron chi connectivity index (χ3n) is 2.36. The van der Waals surface area contributed by atoms with E-state index in [-0.39, 0.29) is 11.9 Å². The zero-order valence-corrected chi connectivity index (χ0v) is 18.3. The summed E-state index contributed by atoms with van der Waals surface area (Å²) in [5.74, 6) is -0.293. The van der Waals surface area contributed by atoms with Crippen molar-refractivity contribution in [3.8, 4) is 0 Å². The smallest absolute Gasteiger partial charge is 0.309 e. The standard InChI is InChI=1S/C13H33NO4Si3/c1-10(2)9-11(14)12(15)16-19-13(17-20(3,4)5)18-21(6,7)8/h10-11,13H,9,14,19H2,1-8H3/t11-/m0/s1.